The fourth-order valence-electron chi connectivity index (χ4n) is 2.54. The number of aromatic hydroxyl groups is 2. The van der Waals surface area contributed by atoms with Gasteiger partial charge in [0.05, 0.1) is 5.69 Å². The zero-order chi connectivity index (χ0) is 17.4. The van der Waals surface area contributed by atoms with Crippen LogP contribution in [0.5, 0.6) is 11.5 Å². The minimum Gasteiger partial charge on any atom is -0.504 e. The molecular formula is C19H17ClN2O3S. The van der Waals surface area contributed by atoms with Gasteiger partial charge in [0.25, 0.3) is 0 Å². The molecule has 0 atom stereocenters. The van der Waals surface area contributed by atoms with Gasteiger partial charge in [-0.3, -0.25) is 4.79 Å². The summed E-state index contributed by atoms with van der Waals surface area (Å²) in [6.07, 6.45) is 1.95. The second-order valence-electron chi connectivity index (χ2n) is 6.09. The summed E-state index contributed by atoms with van der Waals surface area (Å²) in [6.45, 7) is 0. The van der Waals surface area contributed by atoms with Crippen LogP contribution in [0.3, 0.4) is 0 Å². The molecule has 1 aliphatic carbocycles. The highest BCUT2D eigenvalue weighted by molar-refractivity contribution is 7.13. The van der Waals surface area contributed by atoms with Crippen molar-refractivity contribution in [2.24, 2.45) is 5.92 Å². The number of nitrogens with one attached hydrogen (secondary N) is 1. The van der Waals surface area contributed by atoms with Gasteiger partial charge < -0.3 is 15.5 Å². The second kappa shape index (κ2) is 7.35. The van der Waals surface area contributed by atoms with E-state index in [9.17, 15) is 15.0 Å². The highest BCUT2D eigenvalue weighted by Crippen LogP contribution is 2.34. The third-order valence-corrected chi connectivity index (χ3v) is 4.99. The van der Waals surface area contributed by atoms with E-state index in [1.54, 1.807) is 6.07 Å². The van der Waals surface area contributed by atoms with Gasteiger partial charge in [-0.05, 0) is 43.2 Å². The van der Waals surface area contributed by atoms with Gasteiger partial charge in [0.15, 0.2) is 11.5 Å². The van der Waals surface area contributed by atoms with Gasteiger partial charge in [-0.25, -0.2) is 4.98 Å². The molecule has 3 N–H and O–H groups in total. The van der Waals surface area contributed by atoms with Crippen LogP contribution in [0.2, 0.25) is 0 Å². The maximum Gasteiger partial charge on any atom is 0.227 e. The first-order valence-corrected chi connectivity index (χ1v) is 8.87. The number of phenols is 2. The van der Waals surface area contributed by atoms with E-state index in [0.717, 1.165) is 40.4 Å². The van der Waals surface area contributed by atoms with Gasteiger partial charge in [0.2, 0.25) is 5.91 Å². The molecule has 4 rings (SSSR count). The van der Waals surface area contributed by atoms with Crippen LogP contribution in [-0.4, -0.2) is 21.1 Å². The van der Waals surface area contributed by atoms with Gasteiger partial charge in [0.1, 0.15) is 5.01 Å². The fourth-order valence-corrected chi connectivity index (χ4v) is 3.37. The fraction of sp³-hybridized carbons (Fsp3) is 0.158. The molecule has 1 aromatic heterocycles. The van der Waals surface area contributed by atoms with E-state index < -0.39 is 0 Å². The molecule has 1 heterocycles. The van der Waals surface area contributed by atoms with E-state index in [1.165, 1.54) is 23.5 Å². The molecule has 2 aromatic carbocycles. The van der Waals surface area contributed by atoms with Crippen molar-refractivity contribution in [2.75, 3.05) is 5.32 Å². The van der Waals surface area contributed by atoms with Crippen LogP contribution in [0.25, 0.3) is 21.8 Å². The molecule has 0 bridgehead atoms. The number of rotatable bonds is 4. The Bertz CT molecular complexity index is 953. The summed E-state index contributed by atoms with van der Waals surface area (Å²) in [5.74, 6) is -0.0796. The van der Waals surface area contributed by atoms with E-state index in [1.807, 2.05) is 29.6 Å². The molecule has 0 spiro atoms. The maximum absolute atomic E-state index is 11.9. The average molecular weight is 389 g/mol. The Morgan fingerprint density at radius 2 is 1.88 bits per heavy atom. The van der Waals surface area contributed by atoms with Crippen molar-refractivity contribution < 1.29 is 15.0 Å². The summed E-state index contributed by atoms with van der Waals surface area (Å²) >= 11 is 1.49. The Morgan fingerprint density at radius 3 is 2.62 bits per heavy atom. The minimum absolute atomic E-state index is 0. The van der Waals surface area contributed by atoms with Gasteiger partial charge in [0, 0.05) is 28.1 Å². The lowest BCUT2D eigenvalue weighted by molar-refractivity contribution is -0.117. The number of anilines is 1. The predicted octanol–water partition coefficient (Wildman–Crippen LogP) is 4.66. The highest BCUT2D eigenvalue weighted by atomic mass is 35.5. The van der Waals surface area contributed by atoms with E-state index in [2.05, 4.69) is 10.3 Å². The van der Waals surface area contributed by atoms with Crippen LogP contribution in [0.1, 0.15) is 12.8 Å². The molecular weight excluding hydrogens is 372 g/mol. The first-order chi connectivity index (χ1) is 12.1. The van der Waals surface area contributed by atoms with Crippen molar-refractivity contribution in [3.05, 3.63) is 47.8 Å². The molecule has 26 heavy (non-hydrogen) atoms. The van der Waals surface area contributed by atoms with Crippen molar-refractivity contribution in [1.82, 2.24) is 4.98 Å². The predicted molar refractivity (Wildman–Crippen MR) is 105 cm³/mol. The number of benzene rings is 2. The molecule has 134 valence electrons. The summed E-state index contributed by atoms with van der Waals surface area (Å²) in [4.78, 5) is 16.5. The number of halogens is 1. The van der Waals surface area contributed by atoms with E-state index in [0.29, 0.717) is 0 Å². The van der Waals surface area contributed by atoms with Crippen LogP contribution >= 0.6 is 23.7 Å². The third-order valence-electron chi connectivity index (χ3n) is 4.10. The Kier molecular flexibility index (Phi) is 5.15. The van der Waals surface area contributed by atoms with Crippen molar-refractivity contribution in [2.45, 2.75) is 12.8 Å². The number of carbonyl (C=O) groups excluding carboxylic acids is 1. The number of amides is 1. The van der Waals surface area contributed by atoms with Crippen LogP contribution in [0.4, 0.5) is 5.69 Å². The Morgan fingerprint density at radius 1 is 1.08 bits per heavy atom. The monoisotopic (exact) mass is 388 g/mol. The molecule has 0 unspecified atom stereocenters. The number of hydrogen-bond acceptors (Lipinski definition) is 5. The minimum atomic E-state index is -0.170. The van der Waals surface area contributed by atoms with Crippen molar-refractivity contribution >= 4 is 35.3 Å². The summed E-state index contributed by atoms with van der Waals surface area (Å²) in [5, 5.41) is 24.7. The Labute approximate surface area is 160 Å². The van der Waals surface area contributed by atoms with E-state index >= 15 is 0 Å². The number of hydrogen-bond donors (Lipinski definition) is 3. The zero-order valence-electron chi connectivity index (χ0n) is 13.7. The average Bonchev–Trinajstić information content (AvgIpc) is 3.35. The molecule has 3 aromatic rings. The number of aromatic nitrogens is 1. The summed E-state index contributed by atoms with van der Waals surface area (Å²) in [5.41, 5.74) is 3.15. The van der Waals surface area contributed by atoms with Gasteiger partial charge in [-0.2, -0.15) is 0 Å². The van der Waals surface area contributed by atoms with Crippen LogP contribution in [0.15, 0.2) is 47.8 Å². The number of nitrogens with zero attached hydrogens (tertiary/aromatic N) is 1. The second-order valence-corrected chi connectivity index (χ2v) is 6.94. The van der Waals surface area contributed by atoms with Crippen molar-refractivity contribution in [3.63, 3.8) is 0 Å². The first-order valence-electron chi connectivity index (χ1n) is 7.99. The van der Waals surface area contributed by atoms with Crippen LogP contribution in [0, 0.1) is 5.92 Å². The SMILES string of the molecule is Cl.O=C(Nc1cccc(-c2nc(-c3ccc(O)c(O)c3)cs2)c1)C1CC1. The Balaban J connectivity index is 0.00000196. The molecule has 0 saturated heterocycles. The van der Waals surface area contributed by atoms with E-state index in [4.69, 9.17) is 0 Å². The summed E-state index contributed by atoms with van der Waals surface area (Å²) < 4.78 is 0. The molecule has 1 aliphatic rings. The largest absolute Gasteiger partial charge is 0.504 e. The summed E-state index contributed by atoms with van der Waals surface area (Å²) in [6, 6.07) is 12.3. The normalized spacial score (nSPS) is 13.1. The maximum atomic E-state index is 11.9. The van der Waals surface area contributed by atoms with Crippen LogP contribution < -0.4 is 5.32 Å². The van der Waals surface area contributed by atoms with Crippen molar-refractivity contribution in [1.29, 1.82) is 0 Å². The smallest absolute Gasteiger partial charge is 0.227 e. The molecule has 0 aliphatic heterocycles. The molecule has 0 radical (unpaired) electrons. The van der Waals surface area contributed by atoms with Gasteiger partial charge in [-0.15, -0.1) is 23.7 Å². The highest BCUT2D eigenvalue weighted by Gasteiger charge is 2.29. The lowest BCUT2D eigenvalue weighted by atomic mass is 10.1. The molecule has 5 nitrogen and oxygen atoms in total. The summed E-state index contributed by atoms with van der Waals surface area (Å²) in [7, 11) is 0. The lowest BCUT2D eigenvalue weighted by Crippen LogP contribution is -2.13. The van der Waals surface area contributed by atoms with Gasteiger partial charge >= 0.3 is 0 Å². The third kappa shape index (κ3) is 3.81. The molecule has 1 saturated carbocycles. The van der Waals surface area contributed by atoms with E-state index in [-0.39, 0.29) is 35.7 Å². The molecule has 1 amide bonds. The Hall–Kier alpha value is -2.57. The number of thiazole rings is 1. The standard InChI is InChI=1S/C19H16N2O3S.ClH/c22-16-7-6-12(9-17(16)23)15-10-25-19(21-15)13-2-1-3-14(8-13)20-18(24)11-4-5-11;/h1-3,6-11,22-23H,4-5H2,(H,20,24);1H. The zero-order valence-corrected chi connectivity index (χ0v) is 15.3. The number of carbonyl (C=O) groups is 1. The molecule has 1 fully saturated rings. The first kappa shape index (κ1) is 18.2. The number of phenolic OH excluding ortho intramolecular Hbond substituents is 2. The van der Waals surface area contributed by atoms with Crippen LogP contribution in [-0.2, 0) is 4.79 Å². The lowest BCUT2D eigenvalue weighted by Gasteiger charge is -2.05. The quantitative estimate of drug-likeness (QED) is 0.568. The topological polar surface area (TPSA) is 82.5 Å². The van der Waals surface area contributed by atoms with Gasteiger partial charge in [-0.1, -0.05) is 12.1 Å². The molecule has 7 heteroatoms. The van der Waals surface area contributed by atoms with Crippen molar-refractivity contribution in [3.8, 4) is 33.3 Å².